The number of non-ortho nitro benzene ring substituents is 1. The molecular weight excluding hydrogens is 310 g/mol. The summed E-state index contributed by atoms with van der Waals surface area (Å²) in [5.41, 5.74) is 4.20. The van der Waals surface area contributed by atoms with Crippen LogP contribution in [-0.2, 0) is 9.59 Å². The van der Waals surface area contributed by atoms with E-state index in [0.717, 1.165) is 18.2 Å². The molecule has 0 aliphatic carbocycles. The van der Waals surface area contributed by atoms with Gasteiger partial charge in [-0.05, 0) is 12.5 Å². The minimum atomic E-state index is -1.58. The van der Waals surface area contributed by atoms with Crippen LogP contribution in [-0.4, -0.2) is 44.7 Å². The molecule has 0 radical (unpaired) electrons. The van der Waals surface area contributed by atoms with Crippen molar-refractivity contribution in [1.82, 2.24) is 4.90 Å². The van der Waals surface area contributed by atoms with Gasteiger partial charge >= 0.3 is 5.97 Å². The van der Waals surface area contributed by atoms with E-state index in [1.807, 2.05) is 0 Å². The maximum atomic E-state index is 12.3. The van der Waals surface area contributed by atoms with Crippen molar-refractivity contribution < 1.29 is 29.2 Å². The normalized spacial score (nSPS) is 14.5. The molecule has 1 heterocycles. The number of fused-ring (bicyclic) bond motifs is 1. The zero-order chi connectivity index (χ0) is 17.3. The number of carbonyl (C=O) groups is 4. The Bertz CT molecular complexity index is 743. The molecule has 0 bridgehead atoms. The molecule has 3 N–H and O–H groups in total. The van der Waals surface area contributed by atoms with Crippen LogP contribution < -0.4 is 5.73 Å². The average Bonchev–Trinajstić information content (AvgIpc) is 2.71. The maximum absolute atomic E-state index is 12.3. The summed E-state index contributed by atoms with van der Waals surface area (Å²) in [5.74, 6) is -4.08. The minimum Gasteiger partial charge on any atom is -0.480 e. The SMILES string of the molecule is NC(=O)CC[C@H](C(=O)O)N1C(=O)c2ccc([N+](=O)[O-])cc2C1=O. The van der Waals surface area contributed by atoms with Gasteiger partial charge in [-0.15, -0.1) is 0 Å². The van der Waals surface area contributed by atoms with Crippen LogP contribution in [0.3, 0.4) is 0 Å². The second kappa shape index (κ2) is 5.83. The van der Waals surface area contributed by atoms with Crippen molar-refractivity contribution in [2.24, 2.45) is 5.73 Å². The van der Waals surface area contributed by atoms with E-state index in [2.05, 4.69) is 0 Å². The monoisotopic (exact) mass is 321 g/mol. The van der Waals surface area contributed by atoms with Gasteiger partial charge < -0.3 is 10.8 Å². The molecule has 1 aromatic carbocycles. The van der Waals surface area contributed by atoms with Gasteiger partial charge in [-0.2, -0.15) is 0 Å². The van der Waals surface area contributed by atoms with Gasteiger partial charge in [-0.25, -0.2) is 4.79 Å². The molecule has 1 aromatic rings. The highest BCUT2D eigenvalue weighted by Gasteiger charge is 2.43. The fourth-order valence-corrected chi connectivity index (χ4v) is 2.29. The van der Waals surface area contributed by atoms with E-state index in [4.69, 9.17) is 5.73 Å². The molecule has 0 spiro atoms. The van der Waals surface area contributed by atoms with Crippen molar-refractivity contribution in [3.05, 3.63) is 39.4 Å². The molecule has 0 unspecified atom stereocenters. The van der Waals surface area contributed by atoms with Crippen LogP contribution >= 0.6 is 0 Å². The first-order chi connectivity index (χ1) is 10.7. The number of hydrogen-bond donors (Lipinski definition) is 2. The van der Waals surface area contributed by atoms with E-state index in [9.17, 15) is 34.4 Å². The van der Waals surface area contributed by atoms with Crippen molar-refractivity contribution in [2.75, 3.05) is 0 Å². The van der Waals surface area contributed by atoms with E-state index in [1.165, 1.54) is 0 Å². The number of nitrogens with two attached hydrogens (primary N) is 1. The van der Waals surface area contributed by atoms with E-state index in [0.29, 0.717) is 4.90 Å². The van der Waals surface area contributed by atoms with Crippen LogP contribution in [0.15, 0.2) is 18.2 Å². The highest BCUT2D eigenvalue weighted by molar-refractivity contribution is 6.22. The van der Waals surface area contributed by atoms with Crippen molar-refractivity contribution in [3.8, 4) is 0 Å². The first kappa shape index (κ1) is 16.1. The number of carbonyl (C=O) groups excluding carboxylic acids is 3. The number of aliphatic carboxylic acids is 1. The number of hydrogen-bond acceptors (Lipinski definition) is 6. The summed E-state index contributed by atoms with van der Waals surface area (Å²) < 4.78 is 0. The lowest BCUT2D eigenvalue weighted by atomic mass is 10.1. The number of rotatable bonds is 6. The van der Waals surface area contributed by atoms with E-state index >= 15 is 0 Å². The molecule has 0 saturated carbocycles. The van der Waals surface area contributed by atoms with Crippen molar-refractivity contribution in [1.29, 1.82) is 0 Å². The molecule has 0 aromatic heterocycles. The number of benzene rings is 1. The molecule has 3 amide bonds. The van der Waals surface area contributed by atoms with E-state index in [1.54, 1.807) is 0 Å². The number of nitro benzene ring substituents is 1. The zero-order valence-corrected chi connectivity index (χ0v) is 11.6. The summed E-state index contributed by atoms with van der Waals surface area (Å²) >= 11 is 0. The highest BCUT2D eigenvalue weighted by Crippen LogP contribution is 2.29. The lowest BCUT2D eigenvalue weighted by Crippen LogP contribution is -2.45. The fourth-order valence-electron chi connectivity index (χ4n) is 2.29. The van der Waals surface area contributed by atoms with Crippen LogP contribution in [0.25, 0.3) is 0 Å². The largest absolute Gasteiger partial charge is 0.480 e. The molecule has 0 fully saturated rings. The summed E-state index contributed by atoms with van der Waals surface area (Å²) in [6, 6.07) is 1.49. The van der Waals surface area contributed by atoms with Gasteiger partial charge in [0.15, 0.2) is 0 Å². The first-order valence-corrected chi connectivity index (χ1v) is 6.41. The van der Waals surface area contributed by atoms with Crippen LogP contribution in [0.2, 0.25) is 0 Å². The predicted octanol–water partition coefficient (Wildman–Crippen LogP) is -0.0905. The third-order valence-electron chi connectivity index (χ3n) is 3.37. The maximum Gasteiger partial charge on any atom is 0.326 e. The Hall–Kier alpha value is -3.30. The Morgan fingerprint density at radius 1 is 1.26 bits per heavy atom. The summed E-state index contributed by atoms with van der Waals surface area (Å²) in [6.45, 7) is 0. The van der Waals surface area contributed by atoms with Crippen LogP contribution in [0.5, 0.6) is 0 Å². The Morgan fingerprint density at radius 3 is 2.39 bits per heavy atom. The summed E-state index contributed by atoms with van der Waals surface area (Å²) in [5, 5.41) is 19.9. The summed E-state index contributed by atoms with van der Waals surface area (Å²) in [7, 11) is 0. The molecule has 0 saturated heterocycles. The highest BCUT2D eigenvalue weighted by atomic mass is 16.6. The lowest BCUT2D eigenvalue weighted by molar-refractivity contribution is -0.384. The molecule has 1 atom stereocenters. The number of imide groups is 1. The number of carboxylic acid groups (broad SMARTS) is 1. The molecule has 10 nitrogen and oxygen atoms in total. The van der Waals surface area contributed by atoms with Gasteiger partial charge in [0.2, 0.25) is 5.91 Å². The first-order valence-electron chi connectivity index (χ1n) is 6.41. The standard InChI is InChI=1S/C13H11N3O7/c14-10(17)4-3-9(13(20)21)15-11(18)7-2-1-6(16(22)23)5-8(7)12(15)19/h1-2,5,9H,3-4H2,(H2,14,17)(H,20,21)/t9-/m1/s1. The lowest BCUT2D eigenvalue weighted by Gasteiger charge is -2.21. The van der Waals surface area contributed by atoms with Gasteiger partial charge in [0.1, 0.15) is 6.04 Å². The van der Waals surface area contributed by atoms with Crippen LogP contribution in [0.1, 0.15) is 33.6 Å². The molecule has 1 aliphatic rings. The Labute approximate surface area is 128 Å². The third kappa shape index (κ3) is 2.86. The number of amides is 3. The smallest absolute Gasteiger partial charge is 0.326 e. The average molecular weight is 321 g/mol. The van der Waals surface area contributed by atoms with Crippen molar-refractivity contribution in [2.45, 2.75) is 18.9 Å². The van der Waals surface area contributed by atoms with E-state index in [-0.39, 0.29) is 24.0 Å². The summed E-state index contributed by atoms with van der Waals surface area (Å²) in [4.78, 5) is 57.1. The number of nitrogens with zero attached hydrogens (tertiary/aromatic N) is 2. The molecule has 1 aliphatic heterocycles. The van der Waals surface area contributed by atoms with Gasteiger partial charge in [0.05, 0.1) is 16.1 Å². The quantitative estimate of drug-likeness (QED) is 0.420. The topological polar surface area (TPSA) is 161 Å². The minimum absolute atomic E-state index is 0.120. The zero-order valence-electron chi connectivity index (χ0n) is 11.6. The van der Waals surface area contributed by atoms with Gasteiger partial charge in [-0.3, -0.25) is 29.4 Å². The Morgan fingerprint density at radius 2 is 1.87 bits per heavy atom. The molecule has 10 heteroatoms. The number of carboxylic acids is 1. The Kier molecular flexibility index (Phi) is 4.08. The van der Waals surface area contributed by atoms with Crippen LogP contribution in [0, 0.1) is 10.1 Å². The van der Waals surface area contributed by atoms with Crippen molar-refractivity contribution in [3.63, 3.8) is 0 Å². The van der Waals surface area contributed by atoms with Gasteiger partial charge in [0.25, 0.3) is 17.5 Å². The second-order valence-electron chi connectivity index (χ2n) is 4.83. The Balaban J connectivity index is 2.39. The van der Waals surface area contributed by atoms with Crippen LogP contribution in [0.4, 0.5) is 5.69 Å². The third-order valence-corrected chi connectivity index (χ3v) is 3.37. The molecule has 2 rings (SSSR count). The number of primary amides is 1. The predicted molar refractivity (Wildman–Crippen MR) is 73.4 cm³/mol. The fraction of sp³-hybridized carbons (Fsp3) is 0.231. The van der Waals surface area contributed by atoms with Gasteiger partial charge in [0, 0.05) is 18.6 Å². The number of nitro groups is 1. The van der Waals surface area contributed by atoms with Crippen molar-refractivity contribution >= 4 is 29.4 Å². The second-order valence-corrected chi connectivity index (χ2v) is 4.83. The summed E-state index contributed by atoms with van der Waals surface area (Å²) in [6.07, 6.45) is -0.664. The van der Waals surface area contributed by atoms with E-state index < -0.39 is 40.3 Å². The molecule has 23 heavy (non-hydrogen) atoms. The van der Waals surface area contributed by atoms with Gasteiger partial charge in [-0.1, -0.05) is 0 Å². The molecule has 120 valence electrons. The molecular formula is C13H11N3O7.